The summed E-state index contributed by atoms with van der Waals surface area (Å²) in [5.74, 6) is -0.166. The Kier molecular flexibility index (Phi) is 6.68. The third-order valence-corrected chi connectivity index (χ3v) is 2.72. The second-order valence-electron chi connectivity index (χ2n) is 4.17. The molecule has 1 aromatic rings. The SMILES string of the molecule is CCOCCCC(O)Cc1ccc(OC)c(F)c1. The summed E-state index contributed by atoms with van der Waals surface area (Å²) >= 11 is 0. The number of halogens is 1. The molecule has 1 atom stereocenters. The van der Waals surface area contributed by atoms with Crippen LogP contribution in [0.2, 0.25) is 0 Å². The number of aliphatic hydroxyl groups excluding tert-OH is 1. The van der Waals surface area contributed by atoms with Crippen LogP contribution in [0.5, 0.6) is 5.75 Å². The number of aliphatic hydroxyl groups is 1. The minimum Gasteiger partial charge on any atom is -0.494 e. The molecule has 1 aromatic carbocycles. The van der Waals surface area contributed by atoms with Gasteiger partial charge in [-0.25, -0.2) is 4.39 Å². The maximum absolute atomic E-state index is 13.4. The van der Waals surface area contributed by atoms with Gasteiger partial charge in [0.05, 0.1) is 13.2 Å². The van der Waals surface area contributed by atoms with Crippen molar-refractivity contribution in [3.05, 3.63) is 29.6 Å². The molecule has 0 aliphatic rings. The van der Waals surface area contributed by atoms with E-state index in [9.17, 15) is 9.50 Å². The zero-order chi connectivity index (χ0) is 13.4. The Morgan fingerprint density at radius 3 is 2.78 bits per heavy atom. The van der Waals surface area contributed by atoms with Gasteiger partial charge in [0, 0.05) is 13.2 Å². The molecule has 0 saturated carbocycles. The lowest BCUT2D eigenvalue weighted by molar-refractivity contribution is 0.114. The molecule has 0 aliphatic carbocycles. The van der Waals surface area contributed by atoms with Gasteiger partial charge in [-0.05, 0) is 43.9 Å². The van der Waals surface area contributed by atoms with Crippen LogP contribution in [-0.4, -0.2) is 31.5 Å². The largest absolute Gasteiger partial charge is 0.494 e. The van der Waals surface area contributed by atoms with Crippen LogP contribution < -0.4 is 4.74 Å². The second kappa shape index (κ2) is 8.06. The molecule has 1 unspecified atom stereocenters. The van der Waals surface area contributed by atoms with Crippen molar-refractivity contribution in [3.8, 4) is 5.75 Å². The third kappa shape index (κ3) is 5.02. The second-order valence-corrected chi connectivity index (χ2v) is 4.17. The summed E-state index contributed by atoms with van der Waals surface area (Å²) in [6, 6.07) is 4.76. The van der Waals surface area contributed by atoms with E-state index in [1.165, 1.54) is 13.2 Å². The summed E-state index contributed by atoms with van der Waals surface area (Å²) in [5.41, 5.74) is 0.775. The molecule has 0 aliphatic heterocycles. The standard InChI is InChI=1S/C14H21FO3/c1-3-18-8-4-5-12(16)9-11-6-7-14(17-2)13(15)10-11/h6-7,10,12,16H,3-5,8-9H2,1-2H3. The van der Waals surface area contributed by atoms with Crippen molar-refractivity contribution in [1.29, 1.82) is 0 Å². The monoisotopic (exact) mass is 256 g/mol. The average Bonchev–Trinajstić information content (AvgIpc) is 2.35. The third-order valence-electron chi connectivity index (χ3n) is 2.72. The summed E-state index contributed by atoms with van der Waals surface area (Å²) in [6.45, 7) is 3.29. The fraction of sp³-hybridized carbons (Fsp3) is 0.571. The van der Waals surface area contributed by atoms with Gasteiger partial charge in [-0.1, -0.05) is 6.07 Å². The van der Waals surface area contributed by atoms with Crippen molar-refractivity contribution in [2.75, 3.05) is 20.3 Å². The lowest BCUT2D eigenvalue weighted by Gasteiger charge is -2.11. The Labute approximate surface area is 108 Å². The summed E-state index contributed by atoms with van der Waals surface area (Å²) < 4.78 is 23.5. The Morgan fingerprint density at radius 1 is 1.39 bits per heavy atom. The first kappa shape index (κ1) is 14.9. The van der Waals surface area contributed by atoms with Crippen LogP contribution >= 0.6 is 0 Å². The van der Waals surface area contributed by atoms with Crippen LogP contribution in [0.25, 0.3) is 0 Å². The van der Waals surface area contributed by atoms with E-state index in [1.807, 2.05) is 6.92 Å². The smallest absolute Gasteiger partial charge is 0.165 e. The van der Waals surface area contributed by atoms with E-state index in [2.05, 4.69) is 0 Å². The highest BCUT2D eigenvalue weighted by atomic mass is 19.1. The molecular formula is C14H21FO3. The van der Waals surface area contributed by atoms with Gasteiger partial charge in [0.25, 0.3) is 0 Å². The maximum Gasteiger partial charge on any atom is 0.165 e. The number of hydrogen-bond donors (Lipinski definition) is 1. The zero-order valence-electron chi connectivity index (χ0n) is 11.0. The maximum atomic E-state index is 13.4. The summed E-state index contributed by atoms with van der Waals surface area (Å²) in [5, 5.41) is 9.81. The van der Waals surface area contributed by atoms with E-state index < -0.39 is 11.9 Å². The van der Waals surface area contributed by atoms with E-state index in [-0.39, 0.29) is 5.75 Å². The Balaban J connectivity index is 2.39. The summed E-state index contributed by atoms with van der Waals surface area (Å²) in [7, 11) is 1.43. The van der Waals surface area contributed by atoms with Crippen molar-refractivity contribution in [2.45, 2.75) is 32.3 Å². The first-order chi connectivity index (χ1) is 8.67. The van der Waals surface area contributed by atoms with Gasteiger partial charge in [-0.3, -0.25) is 0 Å². The molecule has 0 amide bonds. The van der Waals surface area contributed by atoms with Gasteiger partial charge < -0.3 is 14.6 Å². The summed E-state index contributed by atoms with van der Waals surface area (Å²) in [6.07, 6.45) is 1.46. The van der Waals surface area contributed by atoms with E-state index in [1.54, 1.807) is 12.1 Å². The van der Waals surface area contributed by atoms with Crippen molar-refractivity contribution in [2.24, 2.45) is 0 Å². The number of hydrogen-bond acceptors (Lipinski definition) is 3. The zero-order valence-corrected chi connectivity index (χ0v) is 11.0. The quantitative estimate of drug-likeness (QED) is 0.726. The normalized spacial score (nSPS) is 12.4. The predicted molar refractivity (Wildman–Crippen MR) is 68.4 cm³/mol. The predicted octanol–water partition coefficient (Wildman–Crippen LogP) is 2.55. The minimum absolute atomic E-state index is 0.226. The van der Waals surface area contributed by atoms with Gasteiger partial charge in [0.15, 0.2) is 11.6 Å². The molecule has 1 rings (SSSR count). The molecular weight excluding hydrogens is 235 g/mol. The average molecular weight is 256 g/mol. The van der Waals surface area contributed by atoms with Crippen LogP contribution in [0.4, 0.5) is 4.39 Å². The fourth-order valence-corrected chi connectivity index (χ4v) is 1.78. The van der Waals surface area contributed by atoms with Gasteiger partial charge in [-0.15, -0.1) is 0 Å². The molecule has 1 N–H and O–H groups in total. The van der Waals surface area contributed by atoms with Crippen LogP contribution in [0.3, 0.4) is 0 Å². The van der Waals surface area contributed by atoms with Crippen LogP contribution in [0.15, 0.2) is 18.2 Å². The molecule has 3 nitrogen and oxygen atoms in total. The van der Waals surface area contributed by atoms with E-state index in [0.717, 1.165) is 12.0 Å². The first-order valence-electron chi connectivity index (χ1n) is 6.25. The lowest BCUT2D eigenvalue weighted by atomic mass is 10.0. The highest BCUT2D eigenvalue weighted by Gasteiger charge is 2.08. The van der Waals surface area contributed by atoms with E-state index >= 15 is 0 Å². The molecule has 0 aromatic heterocycles. The molecule has 0 heterocycles. The molecule has 0 radical (unpaired) electrons. The first-order valence-corrected chi connectivity index (χ1v) is 6.25. The number of rotatable bonds is 8. The molecule has 0 fully saturated rings. The Hall–Kier alpha value is -1.13. The number of ether oxygens (including phenoxy) is 2. The molecule has 18 heavy (non-hydrogen) atoms. The van der Waals surface area contributed by atoms with Crippen molar-refractivity contribution >= 4 is 0 Å². The molecule has 102 valence electrons. The molecule has 4 heteroatoms. The van der Waals surface area contributed by atoms with Crippen molar-refractivity contribution in [1.82, 2.24) is 0 Å². The van der Waals surface area contributed by atoms with Gasteiger partial charge in [0.2, 0.25) is 0 Å². The highest BCUT2D eigenvalue weighted by Crippen LogP contribution is 2.19. The summed E-state index contributed by atoms with van der Waals surface area (Å²) in [4.78, 5) is 0. The number of methoxy groups -OCH3 is 1. The minimum atomic E-state index is -0.460. The molecule has 0 bridgehead atoms. The number of benzene rings is 1. The fourth-order valence-electron chi connectivity index (χ4n) is 1.78. The lowest BCUT2D eigenvalue weighted by Crippen LogP contribution is -2.12. The van der Waals surface area contributed by atoms with Crippen molar-refractivity contribution < 1.29 is 19.0 Å². The van der Waals surface area contributed by atoms with E-state index in [4.69, 9.17) is 9.47 Å². The van der Waals surface area contributed by atoms with E-state index in [0.29, 0.717) is 26.1 Å². The van der Waals surface area contributed by atoms with Gasteiger partial charge >= 0.3 is 0 Å². The van der Waals surface area contributed by atoms with Gasteiger partial charge in [0.1, 0.15) is 0 Å². The molecule has 0 saturated heterocycles. The van der Waals surface area contributed by atoms with Gasteiger partial charge in [-0.2, -0.15) is 0 Å². The van der Waals surface area contributed by atoms with Crippen LogP contribution in [0.1, 0.15) is 25.3 Å². The molecule has 0 spiro atoms. The Morgan fingerprint density at radius 2 is 2.17 bits per heavy atom. The topological polar surface area (TPSA) is 38.7 Å². The Bertz CT molecular complexity index is 355. The highest BCUT2D eigenvalue weighted by molar-refractivity contribution is 5.29. The van der Waals surface area contributed by atoms with Crippen molar-refractivity contribution in [3.63, 3.8) is 0 Å². The van der Waals surface area contributed by atoms with Crippen LogP contribution in [-0.2, 0) is 11.2 Å². The van der Waals surface area contributed by atoms with Crippen LogP contribution in [0, 0.1) is 5.82 Å².